The quantitative estimate of drug-likeness (QED) is 0.849. The van der Waals surface area contributed by atoms with Gasteiger partial charge in [-0.2, -0.15) is 0 Å². The normalized spacial score (nSPS) is 19.3. The van der Waals surface area contributed by atoms with Crippen LogP contribution in [-0.4, -0.2) is 23.5 Å². The second-order valence-electron chi connectivity index (χ2n) is 5.17. The maximum Gasteiger partial charge on any atom is 0.335 e. The Morgan fingerprint density at radius 3 is 3.05 bits per heavy atom. The Morgan fingerprint density at radius 2 is 2.24 bits per heavy atom. The van der Waals surface area contributed by atoms with Crippen molar-refractivity contribution in [3.63, 3.8) is 0 Å². The number of carboxylic acids is 1. The number of nitrogens with zero attached hydrogens (tertiary/aromatic N) is 1. The van der Waals surface area contributed by atoms with E-state index in [1.807, 2.05) is 11.4 Å². The van der Waals surface area contributed by atoms with Crippen LogP contribution < -0.4 is 10.2 Å². The first-order valence-electron chi connectivity index (χ1n) is 6.66. The summed E-state index contributed by atoms with van der Waals surface area (Å²) in [6.07, 6.45) is 0.914. The van der Waals surface area contributed by atoms with Crippen LogP contribution in [0.3, 0.4) is 0 Å². The van der Waals surface area contributed by atoms with Crippen LogP contribution in [0.15, 0.2) is 29.6 Å². The molecule has 0 aliphatic carbocycles. The predicted octanol–water partition coefficient (Wildman–Crippen LogP) is 2.50. The molecule has 0 spiro atoms. The number of amides is 1. The van der Waals surface area contributed by atoms with Crippen molar-refractivity contribution in [1.82, 2.24) is 0 Å². The summed E-state index contributed by atoms with van der Waals surface area (Å²) in [7, 11) is 0. The number of carboxylic acid groups (broad SMARTS) is 1. The van der Waals surface area contributed by atoms with Crippen LogP contribution in [0.4, 0.5) is 11.4 Å². The number of thiophene rings is 1. The van der Waals surface area contributed by atoms with E-state index >= 15 is 0 Å². The first-order chi connectivity index (χ1) is 10.1. The van der Waals surface area contributed by atoms with Gasteiger partial charge in [0.2, 0.25) is 0 Å². The number of rotatable bonds is 1. The Hall–Kier alpha value is -2.34. The van der Waals surface area contributed by atoms with Gasteiger partial charge in [-0.3, -0.25) is 4.79 Å². The number of benzene rings is 1. The van der Waals surface area contributed by atoms with Gasteiger partial charge in [-0.05, 0) is 41.6 Å². The van der Waals surface area contributed by atoms with Gasteiger partial charge in [0.25, 0.3) is 5.91 Å². The summed E-state index contributed by atoms with van der Waals surface area (Å²) in [6.45, 7) is 0.769. The molecule has 1 unspecified atom stereocenters. The smallest absolute Gasteiger partial charge is 0.335 e. The van der Waals surface area contributed by atoms with Gasteiger partial charge in [0, 0.05) is 11.4 Å². The Kier molecular flexibility index (Phi) is 2.56. The van der Waals surface area contributed by atoms with E-state index in [2.05, 4.69) is 10.2 Å². The van der Waals surface area contributed by atoms with Crippen LogP contribution in [0.1, 0.15) is 26.8 Å². The molecule has 0 saturated heterocycles. The maximum absolute atomic E-state index is 12.4. The van der Waals surface area contributed by atoms with Crippen LogP contribution in [0.2, 0.25) is 0 Å². The maximum atomic E-state index is 12.4. The van der Waals surface area contributed by atoms with Gasteiger partial charge >= 0.3 is 5.97 Å². The molecular formula is C15H12N2O3S. The topological polar surface area (TPSA) is 69.6 Å². The fourth-order valence-corrected chi connectivity index (χ4v) is 3.98. The number of fused-ring (bicyclic) bond motifs is 5. The van der Waals surface area contributed by atoms with Crippen molar-refractivity contribution < 1.29 is 14.7 Å². The van der Waals surface area contributed by atoms with Crippen LogP contribution in [-0.2, 0) is 11.2 Å². The lowest BCUT2D eigenvalue weighted by atomic mass is 9.95. The number of hydrogen-bond donors (Lipinski definition) is 2. The van der Waals surface area contributed by atoms with Crippen molar-refractivity contribution in [3.8, 4) is 0 Å². The Bertz CT molecular complexity index is 768. The molecule has 6 heteroatoms. The Morgan fingerprint density at radius 1 is 1.38 bits per heavy atom. The molecule has 2 N–H and O–H groups in total. The van der Waals surface area contributed by atoms with Gasteiger partial charge in [0.15, 0.2) is 0 Å². The van der Waals surface area contributed by atoms with Crippen molar-refractivity contribution in [2.45, 2.75) is 12.5 Å². The van der Waals surface area contributed by atoms with Crippen LogP contribution in [0, 0.1) is 0 Å². The molecule has 0 fully saturated rings. The molecule has 0 radical (unpaired) electrons. The zero-order valence-electron chi connectivity index (χ0n) is 11.0. The van der Waals surface area contributed by atoms with Gasteiger partial charge in [-0.1, -0.05) is 0 Å². The van der Waals surface area contributed by atoms with E-state index in [-0.39, 0.29) is 17.5 Å². The van der Waals surface area contributed by atoms with Gasteiger partial charge in [0.1, 0.15) is 6.04 Å². The van der Waals surface area contributed by atoms with E-state index in [1.54, 1.807) is 23.5 Å². The number of anilines is 2. The summed E-state index contributed by atoms with van der Waals surface area (Å²) < 4.78 is 0. The third-order valence-electron chi connectivity index (χ3n) is 4.03. The molecular weight excluding hydrogens is 288 g/mol. The summed E-state index contributed by atoms with van der Waals surface area (Å²) in [4.78, 5) is 26.8. The summed E-state index contributed by atoms with van der Waals surface area (Å²) in [5.41, 5.74) is 2.72. The van der Waals surface area contributed by atoms with Gasteiger partial charge in [-0.25, -0.2) is 4.79 Å². The van der Waals surface area contributed by atoms with E-state index < -0.39 is 5.97 Å². The second-order valence-corrected chi connectivity index (χ2v) is 6.17. The third kappa shape index (κ3) is 1.76. The zero-order valence-corrected chi connectivity index (χ0v) is 11.8. The van der Waals surface area contributed by atoms with Gasteiger partial charge in [0.05, 0.1) is 16.9 Å². The molecule has 0 bridgehead atoms. The first-order valence-corrected chi connectivity index (χ1v) is 7.54. The lowest BCUT2D eigenvalue weighted by Crippen LogP contribution is -2.45. The molecule has 3 heterocycles. The molecule has 21 heavy (non-hydrogen) atoms. The highest BCUT2D eigenvalue weighted by Gasteiger charge is 2.38. The molecule has 0 saturated carbocycles. The fourth-order valence-electron chi connectivity index (χ4n) is 3.08. The molecule has 1 amide bonds. The molecule has 2 aliphatic rings. The van der Waals surface area contributed by atoms with Crippen LogP contribution >= 0.6 is 11.3 Å². The molecule has 1 aromatic carbocycles. The Balaban J connectivity index is 1.83. The second kappa shape index (κ2) is 4.33. The molecule has 106 valence electrons. The third-order valence-corrected chi connectivity index (χ3v) is 5.02. The minimum atomic E-state index is -0.993. The van der Waals surface area contributed by atoms with Crippen molar-refractivity contribution in [3.05, 3.63) is 45.6 Å². The van der Waals surface area contributed by atoms with Crippen molar-refractivity contribution in [2.24, 2.45) is 0 Å². The lowest BCUT2D eigenvalue weighted by molar-refractivity contribution is -0.117. The Labute approximate surface area is 124 Å². The fraction of sp³-hybridized carbons (Fsp3) is 0.200. The zero-order chi connectivity index (χ0) is 14.6. The summed E-state index contributed by atoms with van der Waals surface area (Å²) in [5.74, 6) is -1.09. The summed E-state index contributed by atoms with van der Waals surface area (Å²) >= 11 is 1.69. The van der Waals surface area contributed by atoms with E-state index in [1.165, 1.54) is 10.9 Å². The number of aromatic carboxylic acids is 1. The lowest BCUT2D eigenvalue weighted by Gasteiger charge is -2.41. The number of carbonyl (C=O) groups excluding carboxylic acids is 1. The average Bonchev–Trinajstić information content (AvgIpc) is 2.94. The minimum Gasteiger partial charge on any atom is -0.478 e. The van der Waals surface area contributed by atoms with Gasteiger partial charge < -0.3 is 15.3 Å². The molecule has 2 aliphatic heterocycles. The highest BCUT2D eigenvalue weighted by atomic mass is 32.1. The SMILES string of the molecule is O=C(O)c1ccc2c(c1)NC(=O)C1c3ccsc3CCN21. The minimum absolute atomic E-state index is 0.0932. The highest BCUT2D eigenvalue weighted by Crippen LogP contribution is 2.43. The molecule has 4 rings (SSSR count). The average molecular weight is 300 g/mol. The van der Waals surface area contributed by atoms with Crippen LogP contribution in [0.5, 0.6) is 0 Å². The standard InChI is InChI=1S/C15H12N2O3S/c18-14-13-9-4-6-21-12(9)3-5-17(13)11-2-1-8(15(19)20)7-10(11)16-14/h1-2,4,6-7,13H,3,5H2,(H,16,18)(H,19,20). The highest BCUT2D eigenvalue weighted by molar-refractivity contribution is 7.10. The predicted molar refractivity (Wildman–Crippen MR) is 80.1 cm³/mol. The summed E-state index contributed by atoms with van der Waals surface area (Å²) in [6, 6.07) is 6.59. The molecule has 1 aromatic heterocycles. The number of hydrogen-bond acceptors (Lipinski definition) is 4. The van der Waals surface area contributed by atoms with E-state index in [0.717, 1.165) is 24.2 Å². The molecule has 2 aromatic rings. The summed E-state index contributed by atoms with van der Waals surface area (Å²) in [5, 5.41) is 13.9. The molecule has 5 nitrogen and oxygen atoms in total. The van der Waals surface area contributed by atoms with Crippen molar-refractivity contribution in [2.75, 3.05) is 16.8 Å². The van der Waals surface area contributed by atoms with Gasteiger partial charge in [-0.15, -0.1) is 11.3 Å². The van der Waals surface area contributed by atoms with E-state index in [9.17, 15) is 9.59 Å². The number of carbonyl (C=O) groups is 2. The van der Waals surface area contributed by atoms with E-state index in [4.69, 9.17) is 5.11 Å². The van der Waals surface area contributed by atoms with E-state index in [0.29, 0.717) is 5.69 Å². The molecule has 1 atom stereocenters. The van der Waals surface area contributed by atoms with Crippen molar-refractivity contribution >= 4 is 34.6 Å². The number of nitrogens with one attached hydrogen (secondary N) is 1. The van der Waals surface area contributed by atoms with Crippen molar-refractivity contribution in [1.29, 1.82) is 0 Å². The monoisotopic (exact) mass is 300 g/mol. The largest absolute Gasteiger partial charge is 0.478 e. The van der Waals surface area contributed by atoms with Crippen LogP contribution in [0.25, 0.3) is 0 Å². The first kappa shape index (κ1) is 12.4.